The number of carbonyl (C=O) groups excluding carboxylic acids is 2. The quantitative estimate of drug-likeness (QED) is 0.375. The Morgan fingerprint density at radius 2 is 1.71 bits per heavy atom. The van der Waals surface area contributed by atoms with Gasteiger partial charge in [-0.25, -0.2) is 22.2 Å². The van der Waals surface area contributed by atoms with Crippen LogP contribution in [0.4, 0.5) is 36.6 Å². The van der Waals surface area contributed by atoms with Crippen LogP contribution < -0.4 is 11.1 Å². The van der Waals surface area contributed by atoms with Gasteiger partial charge in [-0.1, -0.05) is 6.07 Å². The van der Waals surface area contributed by atoms with Crippen LogP contribution >= 0.6 is 0 Å². The maximum absolute atomic E-state index is 14.1. The van der Waals surface area contributed by atoms with Gasteiger partial charge in [0, 0.05) is 12.6 Å². The summed E-state index contributed by atoms with van der Waals surface area (Å²) in [5, 5.41) is 15.9. The average molecular weight is 547 g/mol. The standard InChI is InChI=1S/C23H20F7N5O3/c1-2-34(21(37)18-15(26)4-3-5-16(18)27)11-22(38,23(28,29)30)10-32-20(36)13-9-33-35(19(13)31)17-8-12(24)6-7-14(17)25/h3-9,38H,2,10-11,31H2,1H3,(H,32,36). The van der Waals surface area contributed by atoms with Crippen molar-refractivity contribution in [2.24, 2.45) is 0 Å². The summed E-state index contributed by atoms with van der Waals surface area (Å²) < 4.78 is 97.8. The van der Waals surface area contributed by atoms with E-state index < -0.39 is 89.1 Å². The second kappa shape index (κ2) is 10.7. The number of anilines is 1. The number of aromatic nitrogens is 2. The number of nitrogen functional groups attached to an aromatic ring is 1. The third-order valence-electron chi connectivity index (χ3n) is 5.55. The molecule has 0 aliphatic carbocycles. The van der Waals surface area contributed by atoms with Gasteiger partial charge in [-0.3, -0.25) is 9.59 Å². The van der Waals surface area contributed by atoms with E-state index >= 15 is 0 Å². The highest BCUT2D eigenvalue weighted by molar-refractivity contribution is 5.98. The summed E-state index contributed by atoms with van der Waals surface area (Å²) in [6, 6.07) is 4.73. The van der Waals surface area contributed by atoms with Crippen molar-refractivity contribution in [2.45, 2.75) is 18.7 Å². The van der Waals surface area contributed by atoms with E-state index in [1.165, 1.54) is 6.92 Å². The highest BCUT2D eigenvalue weighted by Crippen LogP contribution is 2.32. The van der Waals surface area contributed by atoms with E-state index in [9.17, 15) is 45.4 Å². The maximum atomic E-state index is 14.1. The van der Waals surface area contributed by atoms with Gasteiger partial charge in [-0.2, -0.15) is 18.3 Å². The zero-order valence-corrected chi connectivity index (χ0v) is 19.5. The molecule has 0 spiro atoms. The molecule has 4 N–H and O–H groups in total. The van der Waals surface area contributed by atoms with Gasteiger partial charge < -0.3 is 21.1 Å². The Hall–Kier alpha value is -4.14. The molecule has 1 aromatic heterocycles. The van der Waals surface area contributed by atoms with Crippen LogP contribution in [-0.2, 0) is 0 Å². The van der Waals surface area contributed by atoms with E-state index in [0.29, 0.717) is 9.58 Å². The summed E-state index contributed by atoms with van der Waals surface area (Å²) in [5.41, 5.74) is -0.142. The van der Waals surface area contributed by atoms with E-state index in [1.807, 2.05) is 5.32 Å². The lowest BCUT2D eigenvalue weighted by Crippen LogP contribution is -2.60. The molecule has 0 bridgehead atoms. The molecule has 1 unspecified atom stereocenters. The molecule has 38 heavy (non-hydrogen) atoms. The first-order valence-electron chi connectivity index (χ1n) is 10.8. The summed E-state index contributed by atoms with van der Waals surface area (Å²) in [4.78, 5) is 25.5. The molecule has 0 aliphatic heterocycles. The molecule has 0 fully saturated rings. The Morgan fingerprint density at radius 1 is 1.08 bits per heavy atom. The molecule has 1 heterocycles. The minimum Gasteiger partial charge on any atom is -0.383 e. The molecule has 3 rings (SSSR count). The molecular weight excluding hydrogens is 527 g/mol. The number of nitrogens with zero attached hydrogens (tertiary/aromatic N) is 3. The first-order valence-corrected chi connectivity index (χ1v) is 10.8. The first-order chi connectivity index (χ1) is 17.7. The largest absolute Gasteiger partial charge is 0.420 e. The normalized spacial score (nSPS) is 13.2. The van der Waals surface area contributed by atoms with Crippen molar-refractivity contribution in [3.05, 3.63) is 77.0 Å². The van der Waals surface area contributed by atoms with Gasteiger partial charge >= 0.3 is 6.18 Å². The number of benzene rings is 2. The molecule has 3 aromatic rings. The van der Waals surface area contributed by atoms with Crippen molar-refractivity contribution < 1.29 is 45.4 Å². The number of alkyl halides is 3. The molecule has 0 radical (unpaired) electrons. The number of halogens is 7. The molecule has 1 atom stereocenters. The lowest BCUT2D eigenvalue weighted by Gasteiger charge is -2.35. The molecule has 0 saturated heterocycles. The molecule has 204 valence electrons. The second-order valence-corrected chi connectivity index (χ2v) is 8.08. The summed E-state index contributed by atoms with van der Waals surface area (Å²) in [6.45, 7) is -2.29. The molecule has 2 aromatic carbocycles. The fourth-order valence-corrected chi connectivity index (χ4v) is 3.44. The van der Waals surface area contributed by atoms with Crippen molar-refractivity contribution in [3.8, 4) is 5.69 Å². The van der Waals surface area contributed by atoms with E-state index in [4.69, 9.17) is 5.73 Å². The lowest BCUT2D eigenvalue weighted by atomic mass is 10.0. The fraction of sp³-hybridized carbons (Fsp3) is 0.261. The number of carbonyl (C=O) groups is 2. The Balaban J connectivity index is 1.83. The summed E-state index contributed by atoms with van der Waals surface area (Å²) in [7, 11) is 0. The Labute approximate surface area is 210 Å². The number of rotatable bonds is 8. The number of amides is 2. The van der Waals surface area contributed by atoms with Crippen LogP contribution in [0.5, 0.6) is 0 Å². The van der Waals surface area contributed by atoms with Gasteiger partial charge in [-0.05, 0) is 31.2 Å². The van der Waals surface area contributed by atoms with E-state index in [-0.39, 0.29) is 0 Å². The van der Waals surface area contributed by atoms with Gasteiger partial charge in [0.05, 0.1) is 19.3 Å². The number of aliphatic hydroxyl groups is 1. The van der Waals surface area contributed by atoms with Crippen LogP contribution in [0, 0.1) is 23.3 Å². The SMILES string of the molecule is CCN(CC(O)(CNC(=O)c1cnn(-c2cc(F)ccc2F)c1N)C(F)(F)F)C(=O)c1c(F)cccc1F. The summed E-state index contributed by atoms with van der Waals surface area (Å²) in [6.07, 6.45) is -4.65. The minimum absolute atomic E-state index is 0.361. The highest BCUT2D eigenvalue weighted by atomic mass is 19.4. The first kappa shape index (κ1) is 28.4. The van der Waals surface area contributed by atoms with Crippen molar-refractivity contribution in [1.29, 1.82) is 0 Å². The van der Waals surface area contributed by atoms with E-state index in [1.54, 1.807) is 0 Å². The zero-order chi connectivity index (χ0) is 28.4. The molecule has 0 aliphatic rings. The summed E-state index contributed by atoms with van der Waals surface area (Å²) >= 11 is 0. The number of likely N-dealkylation sites (N-methyl/N-ethyl adjacent to an activating group) is 1. The van der Waals surface area contributed by atoms with E-state index in [0.717, 1.165) is 42.6 Å². The van der Waals surface area contributed by atoms with Crippen LogP contribution in [-0.4, -0.2) is 63.0 Å². The predicted octanol–water partition coefficient (Wildman–Crippen LogP) is 3.20. The number of nitrogens with one attached hydrogen (secondary N) is 1. The zero-order valence-electron chi connectivity index (χ0n) is 19.5. The predicted molar refractivity (Wildman–Crippen MR) is 119 cm³/mol. The number of nitrogens with two attached hydrogens (primary N) is 1. The van der Waals surface area contributed by atoms with Crippen LogP contribution in [0.1, 0.15) is 27.6 Å². The summed E-state index contributed by atoms with van der Waals surface area (Å²) in [5.74, 6) is -7.75. The Bertz CT molecular complexity index is 1340. The molecular formula is C23H20F7N5O3. The number of hydrogen-bond donors (Lipinski definition) is 3. The van der Waals surface area contributed by atoms with E-state index in [2.05, 4.69) is 5.10 Å². The average Bonchev–Trinajstić information content (AvgIpc) is 3.22. The van der Waals surface area contributed by atoms with Gasteiger partial charge in [0.15, 0.2) is 5.60 Å². The maximum Gasteiger partial charge on any atom is 0.420 e. The Morgan fingerprint density at radius 3 is 2.29 bits per heavy atom. The van der Waals surface area contributed by atoms with Gasteiger partial charge in [0.25, 0.3) is 11.8 Å². The lowest BCUT2D eigenvalue weighted by molar-refractivity contribution is -0.259. The van der Waals surface area contributed by atoms with Crippen molar-refractivity contribution in [3.63, 3.8) is 0 Å². The third kappa shape index (κ3) is 5.56. The monoisotopic (exact) mass is 547 g/mol. The number of hydrogen-bond acceptors (Lipinski definition) is 5. The molecule has 8 nitrogen and oxygen atoms in total. The topological polar surface area (TPSA) is 113 Å². The van der Waals surface area contributed by atoms with Crippen LogP contribution in [0.15, 0.2) is 42.6 Å². The molecule has 0 saturated carbocycles. The fourth-order valence-electron chi connectivity index (χ4n) is 3.44. The highest BCUT2D eigenvalue weighted by Gasteiger charge is 2.55. The minimum atomic E-state index is -5.43. The molecule has 2 amide bonds. The van der Waals surface area contributed by atoms with Gasteiger partial charge in [0.1, 0.15) is 45.9 Å². The van der Waals surface area contributed by atoms with Gasteiger partial charge in [0.2, 0.25) is 0 Å². The van der Waals surface area contributed by atoms with Gasteiger partial charge in [-0.15, -0.1) is 0 Å². The van der Waals surface area contributed by atoms with Crippen LogP contribution in [0.25, 0.3) is 5.69 Å². The van der Waals surface area contributed by atoms with Crippen molar-refractivity contribution >= 4 is 17.6 Å². The van der Waals surface area contributed by atoms with Crippen LogP contribution in [0.3, 0.4) is 0 Å². The smallest absolute Gasteiger partial charge is 0.383 e. The molecule has 15 heteroatoms. The van der Waals surface area contributed by atoms with Crippen molar-refractivity contribution in [1.82, 2.24) is 20.0 Å². The van der Waals surface area contributed by atoms with Crippen molar-refractivity contribution in [2.75, 3.05) is 25.4 Å². The van der Waals surface area contributed by atoms with Crippen LogP contribution in [0.2, 0.25) is 0 Å². The third-order valence-corrected chi connectivity index (χ3v) is 5.55. The second-order valence-electron chi connectivity index (χ2n) is 8.08. The Kier molecular flexibility index (Phi) is 8.00.